The summed E-state index contributed by atoms with van der Waals surface area (Å²) in [4.78, 5) is 15.2. The van der Waals surface area contributed by atoms with E-state index in [0.717, 1.165) is 5.56 Å². The predicted octanol–water partition coefficient (Wildman–Crippen LogP) is 1.74. The minimum atomic E-state index is 0.0368. The Bertz CT molecular complexity index is 462. The highest BCUT2D eigenvalue weighted by molar-refractivity contribution is 5.77. The number of carbonyl (C=O) groups excluding carboxylic acids is 1. The largest absolute Gasteiger partial charge is 0.493 e. The Morgan fingerprint density at radius 2 is 1.83 bits per heavy atom. The molecule has 0 spiro atoms. The van der Waals surface area contributed by atoms with E-state index in [1.807, 2.05) is 25.2 Å². The number of nitrogens with zero attached hydrogens (tertiary/aromatic N) is 2. The van der Waals surface area contributed by atoms with Crippen LogP contribution in [0, 0.1) is 0 Å². The molecule has 18 heavy (non-hydrogen) atoms. The third-order valence-corrected chi connectivity index (χ3v) is 3.33. The summed E-state index contributed by atoms with van der Waals surface area (Å²) in [5, 5.41) is 0. The van der Waals surface area contributed by atoms with Gasteiger partial charge in [-0.25, -0.2) is 4.79 Å². The van der Waals surface area contributed by atoms with Gasteiger partial charge in [0.2, 0.25) is 0 Å². The zero-order valence-corrected chi connectivity index (χ0v) is 11.1. The highest BCUT2D eigenvalue weighted by atomic mass is 16.5. The molecule has 0 radical (unpaired) electrons. The summed E-state index contributed by atoms with van der Waals surface area (Å²) in [6.45, 7) is 0.685. The van der Waals surface area contributed by atoms with E-state index in [-0.39, 0.29) is 12.1 Å². The summed E-state index contributed by atoms with van der Waals surface area (Å²) < 4.78 is 10.5. The van der Waals surface area contributed by atoms with E-state index in [1.165, 1.54) is 0 Å². The van der Waals surface area contributed by atoms with Crippen LogP contribution in [0.4, 0.5) is 4.79 Å². The van der Waals surface area contributed by atoms with Crippen LogP contribution in [0.5, 0.6) is 11.5 Å². The van der Waals surface area contributed by atoms with Crippen molar-refractivity contribution in [2.75, 3.05) is 34.9 Å². The number of likely N-dealkylation sites (N-methyl/N-ethyl adjacent to an activating group) is 2. The van der Waals surface area contributed by atoms with Gasteiger partial charge in [-0.2, -0.15) is 0 Å². The molecule has 5 nitrogen and oxygen atoms in total. The van der Waals surface area contributed by atoms with Gasteiger partial charge in [-0.15, -0.1) is 0 Å². The molecule has 1 aromatic rings. The zero-order valence-electron chi connectivity index (χ0n) is 11.1. The van der Waals surface area contributed by atoms with Gasteiger partial charge in [-0.1, -0.05) is 6.07 Å². The first-order chi connectivity index (χ1) is 8.58. The van der Waals surface area contributed by atoms with E-state index in [1.54, 1.807) is 31.1 Å². The first-order valence-electron chi connectivity index (χ1n) is 5.78. The van der Waals surface area contributed by atoms with Crippen LogP contribution in [-0.2, 0) is 0 Å². The van der Waals surface area contributed by atoms with Crippen molar-refractivity contribution in [3.63, 3.8) is 0 Å². The topological polar surface area (TPSA) is 42.0 Å². The molecular formula is C13H18N2O3. The molecule has 1 fully saturated rings. The number of amides is 2. The van der Waals surface area contributed by atoms with Crippen LogP contribution >= 0.6 is 0 Å². The van der Waals surface area contributed by atoms with Gasteiger partial charge >= 0.3 is 6.03 Å². The number of rotatable bonds is 3. The second-order valence-corrected chi connectivity index (χ2v) is 4.40. The molecule has 2 amide bonds. The lowest BCUT2D eigenvalue weighted by molar-refractivity contribution is 0.201. The molecule has 1 saturated heterocycles. The minimum absolute atomic E-state index is 0.0368. The van der Waals surface area contributed by atoms with E-state index in [9.17, 15) is 4.79 Å². The third kappa shape index (κ3) is 1.96. The lowest BCUT2D eigenvalue weighted by Gasteiger charge is -2.19. The van der Waals surface area contributed by atoms with Crippen molar-refractivity contribution in [2.24, 2.45) is 0 Å². The molecule has 1 atom stereocenters. The second kappa shape index (κ2) is 4.76. The molecule has 2 rings (SSSR count). The quantitative estimate of drug-likeness (QED) is 0.820. The molecule has 1 aromatic carbocycles. The highest BCUT2D eigenvalue weighted by Gasteiger charge is 2.33. The summed E-state index contributed by atoms with van der Waals surface area (Å²) in [5.74, 6) is 1.38. The Morgan fingerprint density at radius 1 is 1.17 bits per heavy atom. The number of carbonyl (C=O) groups is 1. The third-order valence-electron chi connectivity index (χ3n) is 3.33. The van der Waals surface area contributed by atoms with Gasteiger partial charge < -0.3 is 19.3 Å². The molecule has 1 aliphatic heterocycles. The Kier molecular flexibility index (Phi) is 3.32. The van der Waals surface area contributed by atoms with Crippen molar-refractivity contribution in [2.45, 2.75) is 6.04 Å². The van der Waals surface area contributed by atoms with Crippen molar-refractivity contribution >= 4 is 6.03 Å². The van der Waals surface area contributed by atoms with Crippen molar-refractivity contribution in [3.05, 3.63) is 23.8 Å². The predicted molar refractivity (Wildman–Crippen MR) is 68.1 cm³/mol. The number of methoxy groups -OCH3 is 2. The molecule has 0 bridgehead atoms. The van der Waals surface area contributed by atoms with Crippen molar-refractivity contribution in [1.82, 2.24) is 9.80 Å². The first-order valence-corrected chi connectivity index (χ1v) is 5.78. The standard InChI is InChI=1S/C13H18N2O3/c1-14-8-10(15(2)13(14)16)9-5-6-11(17-3)12(7-9)18-4/h5-7,10H,8H2,1-4H3. The van der Waals surface area contributed by atoms with E-state index in [4.69, 9.17) is 9.47 Å². The summed E-state index contributed by atoms with van der Waals surface area (Å²) in [5.41, 5.74) is 1.05. The van der Waals surface area contributed by atoms with Gasteiger partial charge in [-0.3, -0.25) is 0 Å². The number of benzene rings is 1. The Labute approximate surface area is 107 Å². The van der Waals surface area contributed by atoms with Crippen LogP contribution in [0.1, 0.15) is 11.6 Å². The Balaban J connectivity index is 2.32. The minimum Gasteiger partial charge on any atom is -0.493 e. The lowest BCUT2D eigenvalue weighted by atomic mass is 10.1. The fourth-order valence-electron chi connectivity index (χ4n) is 2.25. The molecule has 0 saturated carbocycles. The summed E-state index contributed by atoms with van der Waals surface area (Å²) in [7, 11) is 6.83. The SMILES string of the molecule is COc1ccc(C2CN(C)C(=O)N2C)cc1OC. The summed E-state index contributed by atoms with van der Waals surface area (Å²) in [6.07, 6.45) is 0. The highest BCUT2D eigenvalue weighted by Crippen LogP contribution is 2.34. The molecule has 1 aliphatic rings. The Morgan fingerprint density at radius 3 is 2.33 bits per heavy atom. The molecule has 98 valence electrons. The normalized spacial score (nSPS) is 19.3. The van der Waals surface area contributed by atoms with Crippen LogP contribution in [-0.4, -0.2) is 50.7 Å². The molecule has 0 aromatic heterocycles. The zero-order chi connectivity index (χ0) is 13.3. The lowest BCUT2D eigenvalue weighted by Crippen LogP contribution is -2.26. The van der Waals surface area contributed by atoms with Crippen LogP contribution in [0.2, 0.25) is 0 Å². The van der Waals surface area contributed by atoms with Crippen molar-refractivity contribution < 1.29 is 14.3 Å². The van der Waals surface area contributed by atoms with Gasteiger partial charge in [-0.05, 0) is 17.7 Å². The average molecular weight is 250 g/mol. The van der Waals surface area contributed by atoms with Crippen LogP contribution in [0.15, 0.2) is 18.2 Å². The fraction of sp³-hybridized carbons (Fsp3) is 0.462. The van der Waals surface area contributed by atoms with Crippen LogP contribution in [0.3, 0.4) is 0 Å². The second-order valence-electron chi connectivity index (χ2n) is 4.40. The van der Waals surface area contributed by atoms with Crippen LogP contribution < -0.4 is 9.47 Å². The summed E-state index contributed by atoms with van der Waals surface area (Å²) >= 11 is 0. The molecule has 1 unspecified atom stereocenters. The number of hydrogen-bond acceptors (Lipinski definition) is 3. The van der Waals surface area contributed by atoms with E-state index in [2.05, 4.69) is 0 Å². The van der Waals surface area contributed by atoms with E-state index < -0.39 is 0 Å². The van der Waals surface area contributed by atoms with E-state index in [0.29, 0.717) is 18.0 Å². The van der Waals surface area contributed by atoms with Gasteiger partial charge in [0.15, 0.2) is 11.5 Å². The Hall–Kier alpha value is -1.91. The average Bonchev–Trinajstić information content (AvgIpc) is 2.65. The fourth-order valence-corrected chi connectivity index (χ4v) is 2.25. The van der Waals surface area contributed by atoms with E-state index >= 15 is 0 Å². The van der Waals surface area contributed by atoms with Gasteiger partial charge in [0, 0.05) is 20.6 Å². The molecule has 1 heterocycles. The van der Waals surface area contributed by atoms with Gasteiger partial charge in [0.25, 0.3) is 0 Å². The number of ether oxygens (including phenoxy) is 2. The number of hydrogen-bond donors (Lipinski definition) is 0. The van der Waals surface area contributed by atoms with Crippen molar-refractivity contribution in [3.8, 4) is 11.5 Å². The van der Waals surface area contributed by atoms with Crippen molar-refractivity contribution in [1.29, 1.82) is 0 Å². The maximum absolute atomic E-state index is 11.8. The molecule has 5 heteroatoms. The first kappa shape index (κ1) is 12.5. The van der Waals surface area contributed by atoms with Crippen LogP contribution in [0.25, 0.3) is 0 Å². The molecule has 0 N–H and O–H groups in total. The smallest absolute Gasteiger partial charge is 0.320 e. The summed E-state index contributed by atoms with van der Waals surface area (Å²) in [6, 6.07) is 5.85. The monoisotopic (exact) mass is 250 g/mol. The molecule has 0 aliphatic carbocycles. The van der Waals surface area contributed by atoms with Gasteiger partial charge in [0.1, 0.15) is 0 Å². The molecular weight excluding hydrogens is 232 g/mol. The van der Waals surface area contributed by atoms with Gasteiger partial charge in [0.05, 0.1) is 20.3 Å². The maximum atomic E-state index is 11.8. The number of urea groups is 1. The maximum Gasteiger partial charge on any atom is 0.320 e.